The van der Waals surface area contributed by atoms with E-state index >= 15 is 0 Å². The Hall–Kier alpha value is -2.58. The number of fused-ring (bicyclic) bond motifs is 1. The van der Waals surface area contributed by atoms with Crippen LogP contribution in [0.15, 0.2) is 40.2 Å². The van der Waals surface area contributed by atoms with Crippen molar-refractivity contribution in [2.24, 2.45) is 14.1 Å². The van der Waals surface area contributed by atoms with Crippen LogP contribution < -0.4 is 16.1 Å². The number of aryl methyl sites for hydroxylation is 2. The maximum atomic E-state index is 12.5. The lowest BCUT2D eigenvalue weighted by molar-refractivity contribution is 0.251. The van der Waals surface area contributed by atoms with E-state index in [1.54, 1.807) is 13.4 Å². The van der Waals surface area contributed by atoms with Gasteiger partial charge in [-0.3, -0.25) is 18.8 Å². The first kappa shape index (κ1) is 21.6. The van der Waals surface area contributed by atoms with Crippen LogP contribution in [0.25, 0.3) is 11.2 Å². The molecule has 0 aliphatic carbocycles. The smallest absolute Gasteiger partial charge is 0.332 e. The number of piperazine rings is 1. The molecule has 4 rings (SSSR count). The Morgan fingerprint density at radius 1 is 0.903 bits per heavy atom. The van der Waals surface area contributed by atoms with Crippen LogP contribution in [0.5, 0.6) is 0 Å². The van der Waals surface area contributed by atoms with Gasteiger partial charge in [-0.1, -0.05) is 18.0 Å². The van der Waals surface area contributed by atoms with E-state index in [1.807, 2.05) is 16.7 Å². The van der Waals surface area contributed by atoms with Gasteiger partial charge in [0, 0.05) is 57.5 Å². The Morgan fingerprint density at radius 3 is 2.29 bits per heavy atom. The number of anilines is 1. The number of halogens is 1. The number of imidazole rings is 1. The molecule has 0 spiro atoms. The monoisotopic (exact) mass is 444 g/mol. The fourth-order valence-corrected chi connectivity index (χ4v) is 4.37. The van der Waals surface area contributed by atoms with Crippen LogP contribution in [0.3, 0.4) is 0 Å². The van der Waals surface area contributed by atoms with Crippen LogP contribution in [0.2, 0.25) is 5.02 Å². The molecule has 9 heteroatoms. The number of rotatable bonds is 7. The van der Waals surface area contributed by atoms with Gasteiger partial charge in [0.25, 0.3) is 5.56 Å². The number of hydrogen-bond acceptors (Lipinski definition) is 5. The second kappa shape index (κ2) is 9.28. The summed E-state index contributed by atoms with van der Waals surface area (Å²) in [6.07, 6.45) is 4.86. The predicted molar refractivity (Wildman–Crippen MR) is 124 cm³/mol. The van der Waals surface area contributed by atoms with Crippen LogP contribution >= 0.6 is 11.6 Å². The van der Waals surface area contributed by atoms with Crippen LogP contribution in [-0.4, -0.2) is 56.3 Å². The van der Waals surface area contributed by atoms with Gasteiger partial charge >= 0.3 is 5.69 Å². The molecular weight excluding hydrogens is 416 g/mol. The third-order valence-corrected chi connectivity index (χ3v) is 6.41. The molecule has 31 heavy (non-hydrogen) atoms. The Balaban J connectivity index is 1.23. The third-order valence-electron chi connectivity index (χ3n) is 6.15. The van der Waals surface area contributed by atoms with Crippen LogP contribution in [0.1, 0.15) is 19.3 Å². The van der Waals surface area contributed by atoms with Crippen molar-refractivity contribution in [2.75, 3.05) is 37.6 Å². The molecule has 0 N–H and O–H groups in total. The number of aromatic nitrogens is 4. The minimum Gasteiger partial charge on any atom is -0.369 e. The van der Waals surface area contributed by atoms with E-state index in [1.165, 1.54) is 17.3 Å². The zero-order valence-electron chi connectivity index (χ0n) is 18.1. The molecule has 3 heterocycles. The van der Waals surface area contributed by atoms with Gasteiger partial charge in [0.05, 0.1) is 6.33 Å². The average Bonchev–Trinajstić information content (AvgIpc) is 3.21. The fraction of sp³-hybridized carbons (Fsp3) is 0.500. The molecular formula is C22H29ClN6O2. The first-order chi connectivity index (χ1) is 15.0. The molecule has 1 aliphatic rings. The maximum absolute atomic E-state index is 12.5. The summed E-state index contributed by atoms with van der Waals surface area (Å²) in [5.41, 5.74) is 1.56. The molecule has 8 nitrogen and oxygen atoms in total. The van der Waals surface area contributed by atoms with Gasteiger partial charge in [-0.2, -0.15) is 0 Å². The molecule has 0 atom stereocenters. The van der Waals surface area contributed by atoms with Crippen molar-refractivity contribution >= 4 is 28.5 Å². The van der Waals surface area contributed by atoms with E-state index < -0.39 is 0 Å². The second-order valence-electron chi connectivity index (χ2n) is 8.18. The predicted octanol–water partition coefficient (Wildman–Crippen LogP) is 2.08. The third kappa shape index (κ3) is 4.55. The van der Waals surface area contributed by atoms with Crippen molar-refractivity contribution in [1.29, 1.82) is 0 Å². The molecule has 0 radical (unpaired) electrons. The Morgan fingerprint density at radius 2 is 1.58 bits per heavy atom. The highest BCUT2D eigenvalue weighted by Gasteiger charge is 2.17. The van der Waals surface area contributed by atoms with Crippen molar-refractivity contribution < 1.29 is 0 Å². The van der Waals surface area contributed by atoms with Gasteiger partial charge in [0.2, 0.25) is 0 Å². The molecule has 1 aromatic carbocycles. The summed E-state index contributed by atoms with van der Waals surface area (Å²) in [6.45, 7) is 6.02. The molecule has 2 aromatic heterocycles. The van der Waals surface area contributed by atoms with E-state index in [-0.39, 0.29) is 11.2 Å². The van der Waals surface area contributed by atoms with Gasteiger partial charge in [-0.15, -0.1) is 0 Å². The fourth-order valence-electron chi connectivity index (χ4n) is 4.24. The van der Waals surface area contributed by atoms with Crippen molar-refractivity contribution in [2.45, 2.75) is 25.8 Å². The minimum absolute atomic E-state index is 0.283. The van der Waals surface area contributed by atoms with Gasteiger partial charge in [0.1, 0.15) is 0 Å². The summed E-state index contributed by atoms with van der Waals surface area (Å²) in [4.78, 5) is 33.7. The van der Waals surface area contributed by atoms with E-state index in [0.717, 1.165) is 68.1 Å². The first-order valence-electron chi connectivity index (χ1n) is 10.8. The Kier molecular flexibility index (Phi) is 6.48. The van der Waals surface area contributed by atoms with Crippen molar-refractivity contribution in [3.63, 3.8) is 0 Å². The molecule has 0 bridgehead atoms. The highest BCUT2D eigenvalue weighted by atomic mass is 35.5. The van der Waals surface area contributed by atoms with Crippen molar-refractivity contribution in [1.82, 2.24) is 23.6 Å². The molecule has 166 valence electrons. The summed E-state index contributed by atoms with van der Waals surface area (Å²) >= 11 is 5.98. The summed E-state index contributed by atoms with van der Waals surface area (Å²) < 4.78 is 4.45. The lowest BCUT2D eigenvalue weighted by Gasteiger charge is -2.36. The summed E-state index contributed by atoms with van der Waals surface area (Å²) in [5, 5.41) is 0.774. The van der Waals surface area contributed by atoms with Gasteiger partial charge in [0.15, 0.2) is 11.2 Å². The van der Waals surface area contributed by atoms with E-state index in [4.69, 9.17) is 11.6 Å². The topological polar surface area (TPSA) is 68.3 Å². The van der Waals surface area contributed by atoms with Crippen LogP contribution in [-0.2, 0) is 20.6 Å². The summed E-state index contributed by atoms with van der Waals surface area (Å²) in [5.74, 6) is 0. The largest absolute Gasteiger partial charge is 0.369 e. The first-order valence-corrected chi connectivity index (χ1v) is 11.2. The second-order valence-corrected chi connectivity index (χ2v) is 8.62. The Bertz CT molecular complexity index is 1160. The molecule has 3 aromatic rings. The number of hydrogen-bond donors (Lipinski definition) is 0. The zero-order valence-corrected chi connectivity index (χ0v) is 18.9. The van der Waals surface area contributed by atoms with E-state index in [2.05, 4.69) is 26.9 Å². The molecule has 1 fully saturated rings. The summed E-state index contributed by atoms with van der Waals surface area (Å²) in [6, 6.07) is 8.07. The zero-order chi connectivity index (χ0) is 22.0. The highest BCUT2D eigenvalue weighted by Crippen LogP contribution is 2.19. The lowest BCUT2D eigenvalue weighted by atomic mass is 10.2. The van der Waals surface area contributed by atoms with Crippen molar-refractivity contribution in [3.05, 3.63) is 56.5 Å². The molecule has 0 unspecified atom stereocenters. The SMILES string of the molecule is Cn1c(=O)c2c(ncn2CCCCCN2CCN(c3ccc(Cl)cc3)CC2)n(C)c1=O. The maximum Gasteiger partial charge on any atom is 0.332 e. The molecule has 0 amide bonds. The van der Waals surface area contributed by atoms with Crippen molar-refractivity contribution in [3.8, 4) is 0 Å². The number of benzene rings is 1. The van der Waals surface area contributed by atoms with Gasteiger partial charge < -0.3 is 9.47 Å². The lowest BCUT2D eigenvalue weighted by Crippen LogP contribution is -2.46. The Labute approximate surface area is 186 Å². The number of nitrogens with zero attached hydrogens (tertiary/aromatic N) is 6. The average molecular weight is 445 g/mol. The molecule has 1 aliphatic heterocycles. The van der Waals surface area contributed by atoms with Gasteiger partial charge in [-0.05, 0) is 43.7 Å². The van der Waals surface area contributed by atoms with E-state index in [0.29, 0.717) is 11.2 Å². The molecule has 0 saturated carbocycles. The quantitative estimate of drug-likeness (QED) is 0.522. The van der Waals surface area contributed by atoms with Gasteiger partial charge in [-0.25, -0.2) is 9.78 Å². The number of unbranched alkanes of at least 4 members (excludes halogenated alkanes) is 2. The normalized spacial score (nSPS) is 15.1. The van der Waals surface area contributed by atoms with Crippen LogP contribution in [0, 0.1) is 0 Å². The molecule has 1 saturated heterocycles. The summed E-state index contributed by atoms with van der Waals surface area (Å²) in [7, 11) is 3.16. The highest BCUT2D eigenvalue weighted by molar-refractivity contribution is 6.30. The van der Waals surface area contributed by atoms with E-state index in [9.17, 15) is 9.59 Å². The van der Waals surface area contributed by atoms with Crippen LogP contribution in [0.4, 0.5) is 5.69 Å². The standard InChI is InChI=1S/C22H29ClN6O2/c1-25-20-19(21(30)26(2)22(25)31)29(16-24-20)11-5-3-4-10-27-12-14-28(15-13-27)18-8-6-17(23)7-9-18/h6-9,16H,3-5,10-15H2,1-2H3. The minimum atomic E-state index is -0.348.